The number of nitrogens with zero attached hydrogens (tertiary/aromatic N) is 1. The predicted octanol–water partition coefficient (Wildman–Crippen LogP) is -1.66. The van der Waals surface area contributed by atoms with Crippen LogP contribution in [0.5, 0.6) is 0 Å². The number of amides is 4. The van der Waals surface area contributed by atoms with E-state index < -0.39 is 66.2 Å². The van der Waals surface area contributed by atoms with E-state index >= 15 is 0 Å². The van der Waals surface area contributed by atoms with Gasteiger partial charge in [-0.3, -0.25) is 24.0 Å². The van der Waals surface area contributed by atoms with Crippen molar-refractivity contribution in [3.8, 4) is 0 Å². The van der Waals surface area contributed by atoms with Gasteiger partial charge >= 0.3 is 11.9 Å². The quantitative estimate of drug-likeness (QED) is 0.180. The number of hydrogen-bond donors (Lipinski definition) is 6. The number of carbonyl (C=O) groups is 6. The molecule has 0 saturated carbocycles. The molecule has 2 rings (SSSR count). The second-order valence-electron chi connectivity index (χ2n) is 8.55. The maximum absolute atomic E-state index is 13.0. The van der Waals surface area contributed by atoms with Crippen LogP contribution in [0.15, 0.2) is 30.3 Å². The molecule has 196 valence electrons. The minimum atomic E-state index is -1.61. The minimum Gasteiger partial charge on any atom is -0.481 e. The summed E-state index contributed by atoms with van der Waals surface area (Å²) >= 11 is 0. The number of carboxylic acid groups (broad SMARTS) is 2. The molecule has 0 spiro atoms. The lowest BCUT2D eigenvalue weighted by atomic mass is 10.0. The average Bonchev–Trinajstić information content (AvgIpc) is 3.30. The maximum Gasteiger partial charge on any atom is 0.326 e. The molecule has 4 amide bonds. The zero-order valence-corrected chi connectivity index (χ0v) is 19.6. The third kappa shape index (κ3) is 8.34. The normalized spacial score (nSPS) is 17.5. The highest BCUT2D eigenvalue weighted by Gasteiger charge is 2.38. The van der Waals surface area contributed by atoms with Crippen molar-refractivity contribution in [1.29, 1.82) is 0 Å². The summed E-state index contributed by atoms with van der Waals surface area (Å²) < 4.78 is 0. The molecule has 0 aliphatic carbocycles. The molecule has 0 bridgehead atoms. The van der Waals surface area contributed by atoms with E-state index in [1.165, 1.54) is 4.90 Å². The van der Waals surface area contributed by atoms with Crippen LogP contribution in [0.25, 0.3) is 0 Å². The van der Waals surface area contributed by atoms with Gasteiger partial charge in [0.05, 0.1) is 12.5 Å². The Morgan fingerprint density at radius 2 is 1.69 bits per heavy atom. The molecule has 13 nitrogen and oxygen atoms in total. The highest BCUT2D eigenvalue weighted by Crippen LogP contribution is 2.19. The van der Waals surface area contributed by atoms with Crippen molar-refractivity contribution < 1.29 is 39.0 Å². The molecule has 1 aliphatic heterocycles. The van der Waals surface area contributed by atoms with Crippen molar-refractivity contribution in [2.45, 2.75) is 62.7 Å². The van der Waals surface area contributed by atoms with Gasteiger partial charge in [-0.15, -0.1) is 0 Å². The molecule has 4 atom stereocenters. The van der Waals surface area contributed by atoms with Gasteiger partial charge in [0.2, 0.25) is 23.6 Å². The number of hydrogen-bond acceptors (Lipinski definition) is 7. The lowest BCUT2D eigenvalue weighted by Crippen LogP contribution is -2.57. The summed E-state index contributed by atoms with van der Waals surface area (Å²) in [6, 6.07) is 4.12. The molecule has 13 heteroatoms. The van der Waals surface area contributed by atoms with Gasteiger partial charge in [0.15, 0.2) is 0 Å². The SMILES string of the molecule is NC(=O)CCC(NC(=O)C(CC(=O)O)NC(=O)C1CCCN1C(=O)C(N)Cc1ccccc1)C(=O)O. The Kier molecular flexibility index (Phi) is 10.3. The average molecular weight is 506 g/mol. The summed E-state index contributed by atoms with van der Waals surface area (Å²) in [6.07, 6.45) is -0.409. The second-order valence-corrected chi connectivity index (χ2v) is 8.55. The van der Waals surface area contributed by atoms with E-state index in [0.29, 0.717) is 6.42 Å². The van der Waals surface area contributed by atoms with Gasteiger partial charge in [0, 0.05) is 13.0 Å². The van der Waals surface area contributed by atoms with E-state index in [-0.39, 0.29) is 32.2 Å². The summed E-state index contributed by atoms with van der Waals surface area (Å²) in [4.78, 5) is 73.6. The first-order valence-electron chi connectivity index (χ1n) is 11.4. The van der Waals surface area contributed by atoms with Gasteiger partial charge in [-0.1, -0.05) is 30.3 Å². The number of primary amides is 1. The first kappa shape index (κ1) is 28.2. The number of rotatable bonds is 13. The van der Waals surface area contributed by atoms with Crippen LogP contribution in [0.1, 0.15) is 37.7 Å². The van der Waals surface area contributed by atoms with Crippen LogP contribution < -0.4 is 22.1 Å². The van der Waals surface area contributed by atoms with Crippen LogP contribution in [0.3, 0.4) is 0 Å². The molecule has 1 heterocycles. The fourth-order valence-corrected chi connectivity index (χ4v) is 3.94. The van der Waals surface area contributed by atoms with Crippen molar-refractivity contribution in [3.05, 3.63) is 35.9 Å². The number of likely N-dealkylation sites (tertiary alicyclic amines) is 1. The molecule has 0 aromatic heterocycles. The lowest BCUT2D eigenvalue weighted by molar-refractivity contribution is -0.144. The van der Waals surface area contributed by atoms with Crippen LogP contribution in [-0.4, -0.2) is 81.4 Å². The van der Waals surface area contributed by atoms with Crippen molar-refractivity contribution in [2.75, 3.05) is 6.54 Å². The Bertz CT molecular complexity index is 986. The van der Waals surface area contributed by atoms with E-state index in [4.69, 9.17) is 11.5 Å². The van der Waals surface area contributed by atoms with Gasteiger partial charge < -0.3 is 37.2 Å². The number of carboxylic acids is 2. The molecule has 1 aromatic carbocycles. The Morgan fingerprint density at radius 1 is 1.03 bits per heavy atom. The van der Waals surface area contributed by atoms with Gasteiger partial charge in [-0.05, 0) is 31.2 Å². The van der Waals surface area contributed by atoms with Gasteiger partial charge in [0.25, 0.3) is 0 Å². The molecule has 8 N–H and O–H groups in total. The molecule has 1 aliphatic rings. The van der Waals surface area contributed by atoms with Crippen molar-refractivity contribution in [3.63, 3.8) is 0 Å². The van der Waals surface area contributed by atoms with Crippen molar-refractivity contribution >= 4 is 35.6 Å². The first-order valence-corrected chi connectivity index (χ1v) is 11.4. The maximum atomic E-state index is 13.0. The molecular formula is C23H31N5O8. The second kappa shape index (κ2) is 13.2. The molecular weight excluding hydrogens is 474 g/mol. The van der Waals surface area contributed by atoms with Gasteiger partial charge in [0.1, 0.15) is 18.1 Å². The summed E-state index contributed by atoms with van der Waals surface area (Å²) in [6.45, 7) is 0.267. The van der Waals surface area contributed by atoms with Crippen molar-refractivity contribution in [2.24, 2.45) is 11.5 Å². The molecule has 4 unspecified atom stereocenters. The van der Waals surface area contributed by atoms with Gasteiger partial charge in [-0.2, -0.15) is 0 Å². The Morgan fingerprint density at radius 3 is 2.28 bits per heavy atom. The number of nitrogens with one attached hydrogen (secondary N) is 2. The predicted molar refractivity (Wildman–Crippen MR) is 125 cm³/mol. The fourth-order valence-electron chi connectivity index (χ4n) is 3.94. The van der Waals surface area contributed by atoms with Crippen LogP contribution >= 0.6 is 0 Å². The van der Waals surface area contributed by atoms with E-state index in [2.05, 4.69) is 10.6 Å². The lowest BCUT2D eigenvalue weighted by Gasteiger charge is -2.28. The van der Waals surface area contributed by atoms with Crippen LogP contribution in [-0.2, 0) is 35.2 Å². The van der Waals surface area contributed by atoms with E-state index in [9.17, 15) is 39.0 Å². The van der Waals surface area contributed by atoms with E-state index in [1.54, 1.807) is 0 Å². The number of carbonyl (C=O) groups excluding carboxylic acids is 4. The fraction of sp³-hybridized carbons (Fsp3) is 0.478. The number of benzene rings is 1. The minimum absolute atomic E-state index is 0.260. The number of nitrogens with two attached hydrogens (primary N) is 2. The smallest absolute Gasteiger partial charge is 0.326 e. The zero-order valence-electron chi connectivity index (χ0n) is 19.6. The summed E-state index contributed by atoms with van der Waals surface area (Å²) in [5.74, 6) is -5.90. The third-order valence-corrected chi connectivity index (χ3v) is 5.76. The van der Waals surface area contributed by atoms with Crippen LogP contribution in [0.4, 0.5) is 0 Å². The summed E-state index contributed by atoms with van der Waals surface area (Å²) in [7, 11) is 0. The third-order valence-electron chi connectivity index (χ3n) is 5.76. The Balaban J connectivity index is 2.08. The van der Waals surface area contributed by atoms with E-state index in [1.807, 2.05) is 30.3 Å². The summed E-state index contributed by atoms with van der Waals surface area (Å²) in [5.41, 5.74) is 11.9. The highest BCUT2D eigenvalue weighted by atomic mass is 16.4. The molecule has 1 fully saturated rings. The Hall–Kier alpha value is -4.00. The van der Waals surface area contributed by atoms with Crippen molar-refractivity contribution in [1.82, 2.24) is 15.5 Å². The van der Waals surface area contributed by atoms with Crippen LogP contribution in [0, 0.1) is 0 Å². The number of aliphatic carboxylic acids is 2. The molecule has 36 heavy (non-hydrogen) atoms. The Labute approximate surface area is 207 Å². The molecule has 1 saturated heterocycles. The zero-order chi connectivity index (χ0) is 26.8. The largest absolute Gasteiger partial charge is 0.481 e. The standard InChI is InChI=1S/C23H31N5O8/c24-14(11-13-5-2-1-3-6-13)22(34)28-10-4-7-17(28)21(33)27-16(12-19(30)31)20(32)26-15(23(35)36)8-9-18(25)29/h1-3,5-6,14-17H,4,7-12,24H2,(H2,25,29)(H,26,32)(H,27,33)(H,30,31)(H,35,36). The molecule has 0 radical (unpaired) electrons. The first-order chi connectivity index (χ1) is 17.0. The van der Waals surface area contributed by atoms with Gasteiger partial charge in [-0.25, -0.2) is 4.79 Å². The summed E-state index contributed by atoms with van der Waals surface area (Å²) in [5, 5.41) is 22.9. The highest BCUT2D eigenvalue weighted by molar-refractivity contribution is 5.96. The molecule has 1 aromatic rings. The topological polar surface area (TPSA) is 222 Å². The van der Waals surface area contributed by atoms with Crippen LogP contribution in [0.2, 0.25) is 0 Å². The monoisotopic (exact) mass is 505 g/mol. The van der Waals surface area contributed by atoms with E-state index in [0.717, 1.165) is 5.56 Å².